The van der Waals surface area contributed by atoms with Gasteiger partial charge in [0.2, 0.25) is 0 Å². The number of nitrogen functional groups attached to an aromatic ring is 1. The second-order valence-electron chi connectivity index (χ2n) is 6.52. The van der Waals surface area contributed by atoms with Crippen molar-refractivity contribution < 1.29 is 1.43 Å². The highest BCUT2D eigenvalue weighted by Crippen LogP contribution is 2.21. The normalized spacial score (nSPS) is 13.8. The first-order chi connectivity index (χ1) is 11.9. The van der Waals surface area contributed by atoms with E-state index >= 15 is 0 Å². The van der Waals surface area contributed by atoms with Crippen LogP contribution >= 0.6 is 0 Å². The van der Waals surface area contributed by atoms with Gasteiger partial charge in [-0.2, -0.15) is 0 Å². The number of aryl methyl sites for hydroxylation is 1. The van der Waals surface area contributed by atoms with Gasteiger partial charge in [-0.05, 0) is 50.8 Å². The van der Waals surface area contributed by atoms with Crippen LogP contribution in [0.25, 0.3) is 0 Å². The Balaban J connectivity index is 0.00000243. The summed E-state index contributed by atoms with van der Waals surface area (Å²) in [5.41, 5.74) is 17.8. The summed E-state index contributed by atoms with van der Waals surface area (Å²) in [5, 5.41) is 10.3. The molecule has 0 saturated heterocycles. The lowest BCUT2D eigenvalue weighted by molar-refractivity contribution is 0.402. The lowest BCUT2D eigenvalue weighted by Gasteiger charge is -2.16. The van der Waals surface area contributed by atoms with E-state index in [0.29, 0.717) is 17.1 Å². The minimum absolute atomic E-state index is 0. The maximum absolute atomic E-state index is 8.45. The van der Waals surface area contributed by atoms with Gasteiger partial charge in [0.15, 0.2) is 0 Å². The van der Waals surface area contributed by atoms with E-state index in [0.717, 1.165) is 23.4 Å². The number of rotatable bonds is 5. The molecule has 0 saturated carbocycles. The third kappa shape index (κ3) is 3.81. The van der Waals surface area contributed by atoms with Gasteiger partial charge in [-0.25, -0.2) is 0 Å². The van der Waals surface area contributed by atoms with Crippen LogP contribution in [-0.2, 0) is 6.54 Å². The summed E-state index contributed by atoms with van der Waals surface area (Å²) in [4.78, 5) is 2.14. The zero-order valence-electron chi connectivity index (χ0n) is 14.8. The Morgan fingerprint density at radius 1 is 1.20 bits per heavy atom. The van der Waals surface area contributed by atoms with Gasteiger partial charge in [-0.3, -0.25) is 15.8 Å². The fourth-order valence-electron chi connectivity index (χ4n) is 2.74. The minimum atomic E-state index is 0. The van der Waals surface area contributed by atoms with Gasteiger partial charge < -0.3 is 10.6 Å². The topological polar surface area (TPSA) is 80.4 Å². The zero-order valence-corrected chi connectivity index (χ0v) is 14.8. The van der Waals surface area contributed by atoms with E-state index < -0.39 is 0 Å². The summed E-state index contributed by atoms with van der Waals surface area (Å²) < 4.78 is 0. The number of allylic oxidation sites excluding steroid dienone is 1. The molecule has 0 fully saturated rings. The predicted octanol–water partition coefficient (Wildman–Crippen LogP) is 2.62. The van der Waals surface area contributed by atoms with Crippen LogP contribution < -0.4 is 21.7 Å². The average molecular weight is 338 g/mol. The predicted molar refractivity (Wildman–Crippen MR) is 105 cm³/mol. The number of hydrogen-bond acceptors (Lipinski definition) is 6. The molecule has 1 aliphatic heterocycles. The van der Waals surface area contributed by atoms with Crippen LogP contribution in [-0.4, -0.2) is 24.7 Å². The van der Waals surface area contributed by atoms with E-state index in [-0.39, 0.29) is 1.43 Å². The van der Waals surface area contributed by atoms with Gasteiger partial charge in [0.05, 0.1) is 23.3 Å². The third-order valence-corrected chi connectivity index (χ3v) is 4.03. The van der Waals surface area contributed by atoms with Crippen molar-refractivity contribution in [3.8, 4) is 0 Å². The smallest absolute Gasteiger partial charge is 0.0941 e. The zero-order chi connectivity index (χ0) is 18.0. The Bertz CT molecular complexity index is 813. The van der Waals surface area contributed by atoms with Crippen LogP contribution in [0.2, 0.25) is 0 Å². The fourth-order valence-corrected chi connectivity index (χ4v) is 2.74. The van der Waals surface area contributed by atoms with Gasteiger partial charge in [-0.15, -0.1) is 5.53 Å². The summed E-state index contributed by atoms with van der Waals surface area (Å²) in [5.74, 6) is 0. The van der Waals surface area contributed by atoms with E-state index in [9.17, 15) is 0 Å². The average Bonchev–Trinajstić information content (AvgIpc) is 3.06. The molecule has 6 nitrogen and oxygen atoms in total. The molecule has 2 aromatic rings. The summed E-state index contributed by atoms with van der Waals surface area (Å²) >= 11 is 0. The Hall–Kier alpha value is -2.83. The molecular weight excluding hydrogens is 312 g/mol. The minimum Gasteiger partial charge on any atom is -0.398 e. The second kappa shape index (κ2) is 6.96. The van der Waals surface area contributed by atoms with Crippen LogP contribution in [0.1, 0.15) is 18.1 Å². The Morgan fingerprint density at radius 2 is 1.92 bits per heavy atom. The van der Waals surface area contributed by atoms with Crippen molar-refractivity contribution in [2.75, 3.05) is 24.8 Å². The third-order valence-electron chi connectivity index (χ3n) is 4.03. The van der Waals surface area contributed by atoms with Gasteiger partial charge in [0, 0.05) is 19.2 Å². The van der Waals surface area contributed by atoms with Crippen LogP contribution in [0.3, 0.4) is 0 Å². The van der Waals surface area contributed by atoms with Gasteiger partial charge in [-0.1, -0.05) is 23.8 Å². The summed E-state index contributed by atoms with van der Waals surface area (Å²) in [6.07, 6.45) is 1.87. The van der Waals surface area contributed by atoms with Crippen molar-refractivity contribution in [1.29, 1.82) is 5.41 Å². The van der Waals surface area contributed by atoms with Crippen LogP contribution in [0.5, 0.6) is 0 Å². The first kappa shape index (κ1) is 17.0. The van der Waals surface area contributed by atoms with Crippen LogP contribution in [0.4, 0.5) is 11.4 Å². The summed E-state index contributed by atoms with van der Waals surface area (Å²) in [7, 11) is 4.11. The molecule has 0 aliphatic carbocycles. The lowest BCUT2D eigenvalue weighted by atomic mass is 10.0. The molecule has 0 atom stereocenters. The number of anilines is 2. The molecule has 3 rings (SSSR count). The van der Waals surface area contributed by atoms with E-state index in [4.69, 9.17) is 11.1 Å². The SMILES string of the molecule is Cc1ccc(N)c(C(=N)C2=CN(c3ccc(CN(C)C)cc3)NN2)c1.[HH]. The van der Waals surface area contributed by atoms with Crippen molar-refractivity contribution in [2.45, 2.75) is 13.5 Å². The molecule has 25 heavy (non-hydrogen) atoms. The van der Waals surface area contributed by atoms with E-state index in [2.05, 4.69) is 54.2 Å². The second-order valence-corrected chi connectivity index (χ2v) is 6.52. The Morgan fingerprint density at radius 3 is 2.60 bits per heavy atom. The van der Waals surface area contributed by atoms with Crippen molar-refractivity contribution in [2.24, 2.45) is 0 Å². The molecular formula is C19H26N6. The number of hydrogen-bond donors (Lipinski definition) is 4. The van der Waals surface area contributed by atoms with E-state index in [1.807, 2.05) is 36.3 Å². The van der Waals surface area contributed by atoms with Crippen LogP contribution in [0, 0.1) is 12.3 Å². The molecule has 0 spiro atoms. The highest BCUT2D eigenvalue weighted by atomic mass is 15.7. The highest BCUT2D eigenvalue weighted by molar-refractivity contribution is 6.13. The largest absolute Gasteiger partial charge is 0.398 e. The molecule has 5 N–H and O–H groups in total. The summed E-state index contributed by atoms with van der Waals surface area (Å²) in [6.45, 7) is 2.90. The maximum atomic E-state index is 8.45. The molecule has 0 bridgehead atoms. The molecule has 1 heterocycles. The molecule has 0 aromatic heterocycles. The van der Waals surface area contributed by atoms with Crippen molar-refractivity contribution >= 4 is 17.1 Å². The number of nitrogens with zero attached hydrogens (tertiary/aromatic N) is 2. The molecule has 0 radical (unpaired) electrons. The maximum Gasteiger partial charge on any atom is 0.0941 e. The molecule has 0 unspecified atom stereocenters. The quantitative estimate of drug-likeness (QED) is 0.498. The van der Waals surface area contributed by atoms with Crippen molar-refractivity contribution in [1.82, 2.24) is 15.9 Å². The molecule has 1 aliphatic rings. The molecule has 132 valence electrons. The Kier molecular flexibility index (Phi) is 4.74. The van der Waals surface area contributed by atoms with E-state index in [1.54, 1.807) is 0 Å². The number of benzene rings is 2. The Labute approximate surface area is 149 Å². The molecule has 0 amide bonds. The van der Waals surface area contributed by atoms with Crippen LogP contribution in [0.15, 0.2) is 54.4 Å². The van der Waals surface area contributed by atoms with Gasteiger partial charge in [0.1, 0.15) is 0 Å². The van der Waals surface area contributed by atoms with E-state index in [1.165, 1.54) is 5.56 Å². The van der Waals surface area contributed by atoms with Gasteiger partial charge in [0.25, 0.3) is 0 Å². The number of nitrogens with two attached hydrogens (primary N) is 1. The standard InChI is InChI=1S/C19H24N6.H2/c1-13-4-9-17(20)16(10-13)19(21)18-12-25(23-22-18)15-7-5-14(6-8-15)11-24(2)3;/h4-10,12,21-23H,11,20H2,1-3H3;1H. The molecule has 6 heteroatoms. The van der Waals surface area contributed by atoms with Gasteiger partial charge >= 0.3 is 0 Å². The number of hydrazine groups is 2. The highest BCUT2D eigenvalue weighted by Gasteiger charge is 2.19. The molecule has 2 aromatic carbocycles. The first-order valence-electron chi connectivity index (χ1n) is 8.16. The first-order valence-corrected chi connectivity index (χ1v) is 8.16. The summed E-state index contributed by atoms with van der Waals surface area (Å²) in [6, 6.07) is 14.0. The number of nitrogens with one attached hydrogen (secondary N) is 3. The van der Waals surface area contributed by atoms with Crippen molar-refractivity contribution in [3.05, 3.63) is 71.1 Å². The fraction of sp³-hybridized carbons (Fsp3) is 0.211. The van der Waals surface area contributed by atoms with Crippen molar-refractivity contribution in [3.63, 3.8) is 0 Å². The monoisotopic (exact) mass is 338 g/mol. The lowest BCUT2D eigenvalue weighted by Crippen LogP contribution is -2.37.